The lowest BCUT2D eigenvalue weighted by Crippen LogP contribution is -2.37. The Balaban J connectivity index is 2.91. The quantitative estimate of drug-likeness (QED) is 0.824. The molecule has 1 aromatic carbocycles. The zero-order chi connectivity index (χ0) is 14.5. The minimum atomic E-state index is -3.76. The Morgan fingerprint density at radius 1 is 1.42 bits per heavy atom. The maximum Gasteiger partial charge on any atom is 0.318 e. The van der Waals surface area contributed by atoms with E-state index in [4.69, 9.17) is 5.11 Å². The minimum absolute atomic E-state index is 0.129. The Bertz CT molecular complexity index is 544. The average Bonchev–Trinajstić information content (AvgIpc) is 2.27. The van der Waals surface area contributed by atoms with Crippen LogP contribution in [0.3, 0.4) is 0 Å². The van der Waals surface area contributed by atoms with Crippen LogP contribution in [0.5, 0.6) is 0 Å². The van der Waals surface area contributed by atoms with E-state index >= 15 is 0 Å². The molecule has 0 saturated carbocycles. The lowest BCUT2D eigenvalue weighted by Gasteiger charge is -2.19. The van der Waals surface area contributed by atoms with E-state index in [2.05, 4.69) is 0 Å². The molecule has 0 aliphatic heterocycles. The molecule has 0 radical (unpaired) electrons. The maximum absolute atomic E-state index is 13.0. The van der Waals surface area contributed by atoms with Crippen LogP contribution in [0.15, 0.2) is 24.3 Å². The van der Waals surface area contributed by atoms with Gasteiger partial charge in [0.1, 0.15) is 12.4 Å². The largest absolute Gasteiger partial charge is 0.480 e. The zero-order valence-electron chi connectivity index (χ0n) is 10.5. The van der Waals surface area contributed by atoms with Gasteiger partial charge in [-0.1, -0.05) is 19.1 Å². The van der Waals surface area contributed by atoms with Crippen molar-refractivity contribution in [3.63, 3.8) is 0 Å². The number of halogens is 1. The first-order valence-electron chi connectivity index (χ1n) is 5.79. The van der Waals surface area contributed by atoms with E-state index in [9.17, 15) is 17.6 Å². The summed E-state index contributed by atoms with van der Waals surface area (Å²) in [5.74, 6) is -2.14. The van der Waals surface area contributed by atoms with Gasteiger partial charge in [0, 0.05) is 6.54 Å². The smallest absolute Gasteiger partial charge is 0.318 e. The van der Waals surface area contributed by atoms with Crippen LogP contribution in [0.2, 0.25) is 0 Å². The van der Waals surface area contributed by atoms with Gasteiger partial charge in [-0.25, -0.2) is 12.8 Å². The second kappa shape index (κ2) is 6.63. The molecule has 0 heterocycles. The topological polar surface area (TPSA) is 74.7 Å². The second-order valence-electron chi connectivity index (χ2n) is 4.11. The van der Waals surface area contributed by atoms with E-state index in [1.807, 2.05) is 0 Å². The molecule has 0 aliphatic rings. The van der Waals surface area contributed by atoms with Gasteiger partial charge in [-0.05, 0) is 24.1 Å². The van der Waals surface area contributed by atoms with E-state index in [0.29, 0.717) is 12.0 Å². The van der Waals surface area contributed by atoms with Crippen LogP contribution in [0.4, 0.5) is 4.39 Å². The summed E-state index contributed by atoms with van der Waals surface area (Å²) >= 11 is 0. The summed E-state index contributed by atoms with van der Waals surface area (Å²) in [5.41, 5.74) is 0.298. The number of benzene rings is 1. The standard InChI is InChI=1S/C12H16FNO4S/c1-2-6-14(8-12(15)16)19(17,18)9-10-4-3-5-11(13)7-10/h3-5,7H,2,6,8-9H2,1H3,(H,15,16). The van der Waals surface area contributed by atoms with Gasteiger partial charge in [0.2, 0.25) is 10.0 Å². The van der Waals surface area contributed by atoms with Crippen LogP contribution in [0, 0.1) is 5.82 Å². The predicted molar refractivity (Wildman–Crippen MR) is 68.5 cm³/mol. The van der Waals surface area contributed by atoms with Gasteiger partial charge in [0.15, 0.2) is 0 Å². The van der Waals surface area contributed by atoms with Crippen molar-refractivity contribution in [2.45, 2.75) is 19.1 Å². The molecule has 0 bridgehead atoms. The van der Waals surface area contributed by atoms with Crippen molar-refractivity contribution in [2.75, 3.05) is 13.1 Å². The molecule has 0 aliphatic carbocycles. The Hall–Kier alpha value is -1.47. The van der Waals surface area contributed by atoms with Crippen LogP contribution in [0.1, 0.15) is 18.9 Å². The summed E-state index contributed by atoms with van der Waals surface area (Å²) in [6.45, 7) is 1.31. The molecule has 0 fully saturated rings. The SMILES string of the molecule is CCCN(CC(=O)O)S(=O)(=O)Cc1cccc(F)c1. The first kappa shape index (κ1) is 15.6. The number of carbonyl (C=O) groups is 1. The Labute approximate surface area is 111 Å². The number of rotatable bonds is 7. The van der Waals surface area contributed by atoms with Crippen LogP contribution in [-0.2, 0) is 20.6 Å². The third kappa shape index (κ3) is 4.96. The Morgan fingerprint density at radius 3 is 2.63 bits per heavy atom. The molecule has 106 valence electrons. The molecular weight excluding hydrogens is 273 g/mol. The molecule has 19 heavy (non-hydrogen) atoms. The van der Waals surface area contributed by atoms with Crippen molar-refractivity contribution >= 4 is 16.0 Å². The molecular formula is C12H16FNO4S. The van der Waals surface area contributed by atoms with Crippen molar-refractivity contribution < 1.29 is 22.7 Å². The molecule has 0 amide bonds. The third-order valence-corrected chi connectivity index (χ3v) is 4.21. The summed E-state index contributed by atoms with van der Waals surface area (Å²) in [5, 5.41) is 8.72. The van der Waals surface area contributed by atoms with Gasteiger partial charge >= 0.3 is 5.97 Å². The number of hydrogen-bond donors (Lipinski definition) is 1. The highest BCUT2D eigenvalue weighted by Gasteiger charge is 2.24. The fourth-order valence-corrected chi connectivity index (χ4v) is 3.20. The van der Waals surface area contributed by atoms with Crippen molar-refractivity contribution in [1.29, 1.82) is 0 Å². The first-order valence-corrected chi connectivity index (χ1v) is 7.40. The molecule has 0 saturated heterocycles. The number of sulfonamides is 1. The molecule has 1 rings (SSSR count). The van der Waals surface area contributed by atoms with Gasteiger partial charge in [-0.3, -0.25) is 4.79 Å². The van der Waals surface area contributed by atoms with Crippen LogP contribution in [-0.4, -0.2) is 36.9 Å². The fourth-order valence-electron chi connectivity index (χ4n) is 1.65. The number of aliphatic carboxylic acids is 1. The molecule has 7 heteroatoms. The lowest BCUT2D eigenvalue weighted by atomic mass is 10.2. The van der Waals surface area contributed by atoms with Crippen molar-refractivity contribution in [3.8, 4) is 0 Å². The summed E-state index contributed by atoms with van der Waals surface area (Å²) in [6, 6.07) is 5.26. The Morgan fingerprint density at radius 2 is 2.11 bits per heavy atom. The van der Waals surface area contributed by atoms with Crippen LogP contribution < -0.4 is 0 Å². The van der Waals surface area contributed by atoms with Gasteiger partial charge < -0.3 is 5.11 Å². The van der Waals surface area contributed by atoms with Crippen molar-refractivity contribution in [3.05, 3.63) is 35.6 Å². The Kier molecular flexibility index (Phi) is 5.44. The molecule has 5 nitrogen and oxygen atoms in total. The molecule has 1 N–H and O–H groups in total. The first-order chi connectivity index (χ1) is 8.85. The number of carboxylic acids is 1. The monoisotopic (exact) mass is 289 g/mol. The van der Waals surface area contributed by atoms with E-state index < -0.39 is 34.1 Å². The maximum atomic E-state index is 13.0. The van der Waals surface area contributed by atoms with E-state index in [1.54, 1.807) is 6.92 Å². The molecule has 0 aromatic heterocycles. The summed E-state index contributed by atoms with van der Waals surface area (Å²) in [6.07, 6.45) is 0.510. The molecule has 1 aromatic rings. The molecule has 0 spiro atoms. The highest BCUT2D eigenvalue weighted by Crippen LogP contribution is 2.12. The number of hydrogen-bond acceptors (Lipinski definition) is 3. The van der Waals surface area contributed by atoms with E-state index in [1.165, 1.54) is 18.2 Å². The predicted octanol–water partition coefficient (Wildman–Crippen LogP) is 1.45. The van der Waals surface area contributed by atoms with Crippen LogP contribution in [0.25, 0.3) is 0 Å². The zero-order valence-corrected chi connectivity index (χ0v) is 11.4. The van der Waals surface area contributed by atoms with Gasteiger partial charge in [0.05, 0.1) is 5.75 Å². The number of nitrogens with zero attached hydrogens (tertiary/aromatic N) is 1. The van der Waals surface area contributed by atoms with Crippen molar-refractivity contribution in [1.82, 2.24) is 4.31 Å². The fraction of sp³-hybridized carbons (Fsp3) is 0.417. The van der Waals surface area contributed by atoms with E-state index in [0.717, 1.165) is 10.4 Å². The second-order valence-corrected chi connectivity index (χ2v) is 6.08. The lowest BCUT2D eigenvalue weighted by molar-refractivity contribution is -0.137. The van der Waals surface area contributed by atoms with Gasteiger partial charge in [-0.15, -0.1) is 0 Å². The molecule has 0 unspecified atom stereocenters. The van der Waals surface area contributed by atoms with Gasteiger partial charge in [-0.2, -0.15) is 4.31 Å². The average molecular weight is 289 g/mol. The van der Waals surface area contributed by atoms with Crippen molar-refractivity contribution in [2.24, 2.45) is 0 Å². The van der Waals surface area contributed by atoms with Crippen LogP contribution >= 0.6 is 0 Å². The van der Waals surface area contributed by atoms with Gasteiger partial charge in [0.25, 0.3) is 0 Å². The molecule has 0 atom stereocenters. The third-order valence-electron chi connectivity index (χ3n) is 2.42. The summed E-state index contributed by atoms with van der Waals surface area (Å²) < 4.78 is 38.1. The summed E-state index contributed by atoms with van der Waals surface area (Å²) in [4.78, 5) is 10.7. The van der Waals surface area contributed by atoms with E-state index in [-0.39, 0.29) is 6.54 Å². The highest BCUT2D eigenvalue weighted by atomic mass is 32.2. The number of carboxylic acid groups (broad SMARTS) is 1. The summed E-state index contributed by atoms with van der Waals surface area (Å²) in [7, 11) is -3.76. The minimum Gasteiger partial charge on any atom is -0.480 e. The normalized spacial score (nSPS) is 11.7. The highest BCUT2D eigenvalue weighted by molar-refractivity contribution is 7.88.